The summed E-state index contributed by atoms with van der Waals surface area (Å²) in [6.07, 6.45) is 3.92. The molecule has 1 N–H and O–H groups in total. The molecule has 1 unspecified atom stereocenters. The molecule has 3 aromatic carbocycles. The van der Waals surface area contributed by atoms with Gasteiger partial charge in [-0.25, -0.2) is 9.78 Å². The van der Waals surface area contributed by atoms with Crippen LogP contribution in [0.15, 0.2) is 109 Å². The molecule has 1 amide bonds. The highest BCUT2D eigenvalue weighted by molar-refractivity contribution is 6.10. The number of amides is 1. The largest absolute Gasteiger partial charge is 0.467 e. The fourth-order valence-corrected chi connectivity index (χ4v) is 4.47. The van der Waals surface area contributed by atoms with E-state index in [9.17, 15) is 9.59 Å². The van der Waals surface area contributed by atoms with E-state index in [-0.39, 0.29) is 5.91 Å². The molecule has 0 saturated heterocycles. The van der Waals surface area contributed by atoms with E-state index >= 15 is 0 Å². The summed E-state index contributed by atoms with van der Waals surface area (Å²) in [5.41, 5.74) is 5.19. The van der Waals surface area contributed by atoms with E-state index in [4.69, 9.17) is 9.72 Å². The highest BCUT2D eigenvalue weighted by Crippen LogP contribution is 2.32. The van der Waals surface area contributed by atoms with Gasteiger partial charge in [-0.1, -0.05) is 78.9 Å². The summed E-state index contributed by atoms with van der Waals surface area (Å²) < 4.78 is 5.04. The average molecular weight is 488 g/mol. The number of methoxy groups -OCH3 is 1. The van der Waals surface area contributed by atoms with Gasteiger partial charge in [-0.3, -0.25) is 9.78 Å². The molecule has 0 saturated carbocycles. The molecule has 2 aromatic heterocycles. The molecule has 37 heavy (non-hydrogen) atoms. The summed E-state index contributed by atoms with van der Waals surface area (Å²) in [6.45, 7) is 0. The first-order valence-electron chi connectivity index (χ1n) is 12.0. The molecule has 2 heterocycles. The van der Waals surface area contributed by atoms with Crippen LogP contribution in [0, 0.1) is 0 Å². The Morgan fingerprint density at radius 2 is 1.49 bits per heavy atom. The number of pyridine rings is 2. The summed E-state index contributed by atoms with van der Waals surface area (Å²) in [4.78, 5) is 36.0. The van der Waals surface area contributed by atoms with Crippen LogP contribution in [0.2, 0.25) is 0 Å². The third-order valence-electron chi connectivity index (χ3n) is 6.24. The van der Waals surface area contributed by atoms with E-state index in [1.807, 2.05) is 84.9 Å². The van der Waals surface area contributed by atoms with Crippen molar-refractivity contribution in [1.29, 1.82) is 0 Å². The monoisotopic (exact) mass is 487 g/mol. The van der Waals surface area contributed by atoms with Crippen LogP contribution in [0.4, 0.5) is 0 Å². The quantitative estimate of drug-likeness (QED) is 0.305. The molecule has 0 aliphatic heterocycles. The summed E-state index contributed by atoms with van der Waals surface area (Å²) in [7, 11) is 1.31. The van der Waals surface area contributed by atoms with Crippen molar-refractivity contribution >= 4 is 22.8 Å². The molecule has 6 heteroatoms. The number of rotatable bonds is 7. The SMILES string of the molecule is COC(=O)C(NC(=O)c1c(Cc2ccncc2)c(-c2ccccc2)nc2ccccc12)c1ccccc1. The van der Waals surface area contributed by atoms with E-state index in [0.717, 1.165) is 22.4 Å². The number of fused-ring (bicyclic) bond motifs is 1. The van der Waals surface area contributed by atoms with Gasteiger partial charge in [0.15, 0.2) is 6.04 Å². The molecule has 0 aliphatic carbocycles. The first kappa shape index (κ1) is 23.9. The van der Waals surface area contributed by atoms with Crippen LogP contribution in [0.5, 0.6) is 0 Å². The van der Waals surface area contributed by atoms with Gasteiger partial charge in [0, 0.05) is 29.8 Å². The van der Waals surface area contributed by atoms with Crippen LogP contribution in [-0.2, 0) is 16.0 Å². The number of carbonyl (C=O) groups excluding carboxylic acids is 2. The lowest BCUT2D eigenvalue weighted by molar-refractivity contribution is -0.143. The van der Waals surface area contributed by atoms with Crippen molar-refractivity contribution in [2.45, 2.75) is 12.5 Å². The Kier molecular flexibility index (Phi) is 6.99. The van der Waals surface area contributed by atoms with E-state index in [1.165, 1.54) is 7.11 Å². The lowest BCUT2D eigenvalue weighted by Crippen LogP contribution is -2.35. The number of benzene rings is 3. The molecule has 6 nitrogen and oxygen atoms in total. The first-order valence-corrected chi connectivity index (χ1v) is 12.0. The molecular weight excluding hydrogens is 462 g/mol. The summed E-state index contributed by atoms with van der Waals surface area (Å²) in [5.74, 6) is -0.920. The van der Waals surface area contributed by atoms with Gasteiger partial charge >= 0.3 is 5.97 Å². The van der Waals surface area contributed by atoms with Gasteiger partial charge in [-0.2, -0.15) is 0 Å². The minimum atomic E-state index is -0.959. The van der Waals surface area contributed by atoms with Crippen molar-refractivity contribution in [3.05, 3.63) is 132 Å². The Bertz CT molecular complexity index is 1540. The minimum absolute atomic E-state index is 0.376. The van der Waals surface area contributed by atoms with Crippen LogP contribution in [-0.4, -0.2) is 29.0 Å². The number of aromatic nitrogens is 2. The topological polar surface area (TPSA) is 81.2 Å². The van der Waals surface area contributed by atoms with E-state index < -0.39 is 12.0 Å². The maximum Gasteiger partial charge on any atom is 0.333 e. The van der Waals surface area contributed by atoms with Crippen LogP contribution < -0.4 is 5.32 Å². The molecule has 5 aromatic rings. The van der Waals surface area contributed by atoms with Crippen molar-refractivity contribution in [2.24, 2.45) is 0 Å². The van der Waals surface area contributed by atoms with Crippen LogP contribution in [0.3, 0.4) is 0 Å². The molecule has 0 spiro atoms. The van der Waals surface area contributed by atoms with Gasteiger partial charge in [0.05, 0.1) is 23.9 Å². The van der Waals surface area contributed by atoms with Crippen LogP contribution >= 0.6 is 0 Å². The zero-order valence-corrected chi connectivity index (χ0v) is 20.3. The van der Waals surface area contributed by atoms with Crippen molar-refractivity contribution in [3.63, 3.8) is 0 Å². The predicted octanol–water partition coefficient (Wildman–Crippen LogP) is 5.53. The second-order valence-corrected chi connectivity index (χ2v) is 8.57. The van der Waals surface area contributed by atoms with E-state index in [0.29, 0.717) is 28.5 Å². The number of ether oxygens (including phenoxy) is 1. The predicted molar refractivity (Wildman–Crippen MR) is 143 cm³/mol. The summed E-state index contributed by atoms with van der Waals surface area (Å²) >= 11 is 0. The second kappa shape index (κ2) is 10.8. The Balaban J connectivity index is 1.71. The number of hydrogen-bond acceptors (Lipinski definition) is 5. The molecular formula is C31H25N3O3. The Morgan fingerprint density at radius 1 is 0.838 bits per heavy atom. The molecule has 182 valence electrons. The fourth-order valence-electron chi connectivity index (χ4n) is 4.47. The number of esters is 1. The molecule has 0 fully saturated rings. The molecule has 0 bridgehead atoms. The smallest absolute Gasteiger partial charge is 0.333 e. The number of para-hydroxylation sites is 1. The first-order chi connectivity index (χ1) is 18.2. The second-order valence-electron chi connectivity index (χ2n) is 8.57. The normalized spacial score (nSPS) is 11.6. The van der Waals surface area contributed by atoms with Crippen LogP contribution in [0.1, 0.15) is 33.1 Å². The molecule has 1 atom stereocenters. The van der Waals surface area contributed by atoms with Crippen molar-refractivity contribution in [1.82, 2.24) is 15.3 Å². The number of nitrogens with one attached hydrogen (secondary N) is 1. The highest BCUT2D eigenvalue weighted by Gasteiger charge is 2.28. The Labute approximate surface area is 215 Å². The zero-order valence-electron chi connectivity index (χ0n) is 20.3. The van der Waals surface area contributed by atoms with Gasteiger partial charge in [0.2, 0.25) is 0 Å². The maximum atomic E-state index is 14.1. The highest BCUT2D eigenvalue weighted by atomic mass is 16.5. The van der Waals surface area contributed by atoms with Gasteiger partial charge in [0.25, 0.3) is 5.91 Å². The Hall–Kier alpha value is -4.84. The fraction of sp³-hybridized carbons (Fsp3) is 0.0968. The van der Waals surface area contributed by atoms with Gasteiger partial charge in [-0.15, -0.1) is 0 Å². The minimum Gasteiger partial charge on any atom is -0.467 e. The lowest BCUT2D eigenvalue weighted by Gasteiger charge is -2.21. The number of carbonyl (C=O) groups is 2. The van der Waals surface area contributed by atoms with E-state index in [1.54, 1.807) is 24.5 Å². The van der Waals surface area contributed by atoms with Gasteiger partial charge in [0.1, 0.15) is 0 Å². The lowest BCUT2D eigenvalue weighted by atomic mass is 9.91. The van der Waals surface area contributed by atoms with Gasteiger partial charge in [-0.05, 0) is 34.9 Å². The van der Waals surface area contributed by atoms with Crippen molar-refractivity contribution < 1.29 is 14.3 Å². The van der Waals surface area contributed by atoms with Crippen molar-refractivity contribution in [3.8, 4) is 11.3 Å². The number of nitrogens with zero attached hydrogens (tertiary/aromatic N) is 2. The van der Waals surface area contributed by atoms with Gasteiger partial charge < -0.3 is 10.1 Å². The molecule has 5 rings (SSSR count). The number of hydrogen-bond donors (Lipinski definition) is 1. The van der Waals surface area contributed by atoms with E-state index in [2.05, 4.69) is 10.3 Å². The maximum absolute atomic E-state index is 14.1. The summed E-state index contributed by atoms with van der Waals surface area (Å²) in [6, 6.07) is 29.3. The molecule has 0 radical (unpaired) electrons. The van der Waals surface area contributed by atoms with Crippen molar-refractivity contribution in [2.75, 3.05) is 7.11 Å². The standard InChI is InChI=1S/C31H25N3O3/c1-37-31(36)29(23-12-6-3-7-13-23)34-30(35)27-24-14-8-9-15-26(24)33-28(22-10-4-2-5-11-22)25(27)20-21-16-18-32-19-17-21/h2-19,29H,20H2,1H3,(H,34,35). The van der Waals surface area contributed by atoms with Crippen LogP contribution in [0.25, 0.3) is 22.2 Å². The average Bonchev–Trinajstić information content (AvgIpc) is 2.96. The molecule has 0 aliphatic rings. The third-order valence-corrected chi connectivity index (χ3v) is 6.24. The Morgan fingerprint density at radius 3 is 2.19 bits per heavy atom. The zero-order chi connectivity index (χ0) is 25.6. The third kappa shape index (κ3) is 5.09. The summed E-state index contributed by atoms with van der Waals surface area (Å²) in [5, 5.41) is 3.65.